The monoisotopic (exact) mass is 165 g/mol. The summed E-state index contributed by atoms with van der Waals surface area (Å²) in [6.45, 7) is 6.65. The van der Waals surface area contributed by atoms with E-state index >= 15 is 0 Å². The molecule has 0 saturated heterocycles. The molecule has 0 aliphatic carbocycles. The van der Waals surface area contributed by atoms with Crippen molar-refractivity contribution in [3.63, 3.8) is 0 Å². The third-order valence-corrected chi connectivity index (χ3v) is 1.84. The van der Waals surface area contributed by atoms with Crippen molar-refractivity contribution in [2.45, 2.75) is 33.2 Å². The first-order valence-electron chi connectivity index (χ1n) is 4.17. The summed E-state index contributed by atoms with van der Waals surface area (Å²) in [5, 5.41) is 0. The fraction of sp³-hybridized carbons (Fsp3) is 0.556. The van der Waals surface area contributed by atoms with E-state index in [2.05, 4.69) is 23.8 Å². The smallest absolute Gasteiger partial charge is 0.131 e. The second-order valence-electron chi connectivity index (χ2n) is 3.20. The average molecular weight is 165 g/mol. The highest BCUT2D eigenvalue weighted by molar-refractivity contribution is 5.16. The zero-order valence-corrected chi connectivity index (χ0v) is 7.83. The molecule has 0 radical (unpaired) electrons. The fourth-order valence-electron chi connectivity index (χ4n) is 0.989. The summed E-state index contributed by atoms with van der Waals surface area (Å²) in [6, 6.07) is 0. The number of aromatic nitrogens is 2. The van der Waals surface area contributed by atoms with Gasteiger partial charge in [-0.1, -0.05) is 13.8 Å². The van der Waals surface area contributed by atoms with Crippen molar-refractivity contribution in [3.05, 3.63) is 23.3 Å². The molecule has 0 aliphatic heterocycles. The van der Waals surface area contributed by atoms with Crippen molar-refractivity contribution in [1.82, 2.24) is 9.97 Å². The zero-order chi connectivity index (χ0) is 9.14. The molecule has 0 unspecified atom stereocenters. The fourth-order valence-corrected chi connectivity index (χ4v) is 0.989. The average Bonchev–Trinajstić information content (AvgIpc) is 2.04. The van der Waals surface area contributed by atoms with Crippen LogP contribution in [0.3, 0.4) is 0 Å². The summed E-state index contributed by atoms with van der Waals surface area (Å²) in [5.41, 5.74) is 7.52. The van der Waals surface area contributed by atoms with Crippen LogP contribution >= 0.6 is 0 Å². The molecule has 0 atom stereocenters. The van der Waals surface area contributed by atoms with E-state index in [1.54, 1.807) is 0 Å². The van der Waals surface area contributed by atoms with E-state index in [1.165, 1.54) is 0 Å². The van der Waals surface area contributed by atoms with Gasteiger partial charge in [0.15, 0.2) is 0 Å². The minimum Gasteiger partial charge on any atom is -0.326 e. The molecule has 3 heteroatoms. The highest BCUT2D eigenvalue weighted by atomic mass is 14.9. The number of nitrogens with zero attached hydrogens (tertiary/aromatic N) is 2. The third-order valence-electron chi connectivity index (χ3n) is 1.84. The lowest BCUT2D eigenvalue weighted by Crippen LogP contribution is -2.06. The van der Waals surface area contributed by atoms with E-state index in [4.69, 9.17) is 5.73 Å². The highest BCUT2D eigenvalue weighted by Gasteiger charge is 2.04. The molecule has 0 aromatic carbocycles. The predicted molar refractivity (Wildman–Crippen MR) is 48.7 cm³/mol. The lowest BCUT2D eigenvalue weighted by atomic mass is 10.2. The van der Waals surface area contributed by atoms with Crippen LogP contribution in [0.15, 0.2) is 6.20 Å². The van der Waals surface area contributed by atoms with Gasteiger partial charge in [0, 0.05) is 29.9 Å². The van der Waals surface area contributed by atoms with Gasteiger partial charge < -0.3 is 5.73 Å². The maximum Gasteiger partial charge on any atom is 0.131 e. The third kappa shape index (κ3) is 1.80. The molecule has 66 valence electrons. The van der Waals surface area contributed by atoms with Crippen LogP contribution in [0.2, 0.25) is 0 Å². The van der Waals surface area contributed by atoms with Gasteiger partial charge in [-0.05, 0) is 6.92 Å². The molecule has 0 fully saturated rings. The minimum atomic E-state index is 0.385. The predicted octanol–water partition coefficient (Wildman–Crippen LogP) is 1.37. The second kappa shape index (κ2) is 3.63. The summed E-state index contributed by atoms with van der Waals surface area (Å²) >= 11 is 0. The molecule has 2 N–H and O–H groups in total. The van der Waals surface area contributed by atoms with Crippen LogP contribution in [0.4, 0.5) is 0 Å². The standard InChI is InChI=1S/C9H15N3/c1-6(2)9-11-5-8(4-10)7(3)12-9/h5-6H,4,10H2,1-3H3. The summed E-state index contributed by atoms with van der Waals surface area (Å²) in [7, 11) is 0. The quantitative estimate of drug-likeness (QED) is 0.720. The van der Waals surface area contributed by atoms with Gasteiger partial charge in [-0.3, -0.25) is 0 Å². The van der Waals surface area contributed by atoms with Crippen molar-refractivity contribution in [2.24, 2.45) is 5.73 Å². The Hall–Kier alpha value is -0.960. The summed E-state index contributed by atoms with van der Waals surface area (Å²) in [6.07, 6.45) is 1.82. The Balaban J connectivity index is 3.02. The van der Waals surface area contributed by atoms with Crippen LogP contribution in [0.5, 0.6) is 0 Å². The second-order valence-corrected chi connectivity index (χ2v) is 3.20. The first-order chi connectivity index (χ1) is 5.65. The van der Waals surface area contributed by atoms with Crippen LogP contribution in [0.1, 0.15) is 36.8 Å². The molecular weight excluding hydrogens is 150 g/mol. The van der Waals surface area contributed by atoms with Gasteiger partial charge in [-0.25, -0.2) is 9.97 Å². The van der Waals surface area contributed by atoms with Crippen LogP contribution < -0.4 is 5.73 Å². The Morgan fingerprint density at radius 3 is 2.58 bits per heavy atom. The summed E-state index contributed by atoms with van der Waals surface area (Å²) < 4.78 is 0. The maximum atomic E-state index is 5.50. The first kappa shape index (κ1) is 9.13. The van der Waals surface area contributed by atoms with Gasteiger partial charge in [0.2, 0.25) is 0 Å². The Morgan fingerprint density at radius 2 is 2.17 bits per heavy atom. The molecule has 0 aliphatic rings. The van der Waals surface area contributed by atoms with Gasteiger partial charge in [-0.15, -0.1) is 0 Å². The maximum absolute atomic E-state index is 5.50. The van der Waals surface area contributed by atoms with Gasteiger partial charge in [0.1, 0.15) is 5.82 Å². The van der Waals surface area contributed by atoms with Gasteiger partial charge in [-0.2, -0.15) is 0 Å². The lowest BCUT2D eigenvalue weighted by Gasteiger charge is -2.06. The van der Waals surface area contributed by atoms with Crippen LogP contribution in [-0.2, 0) is 6.54 Å². The number of nitrogens with two attached hydrogens (primary N) is 1. The SMILES string of the molecule is Cc1nc(C(C)C)ncc1CN. The number of hydrogen-bond donors (Lipinski definition) is 1. The molecule has 1 heterocycles. The van der Waals surface area contributed by atoms with E-state index in [1.807, 2.05) is 13.1 Å². The van der Waals surface area contributed by atoms with Crippen molar-refractivity contribution in [2.75, 3.05) is 0 Å². The van der Waals surface area contributed by atoms with Crippen molar-refractivity contribution >= 4 is 0 Å². The molecule has 0 saturated carbocycles. The summed E-state index contributed by atoms with van der Waals surface area (Å²) in [4.78, 5) is 8.57. The number of rotatable bonds is 2. The van der Waals surface area contributed by atoms with Crippen LogP contribution in [0.25, 0.3) is 0 Å². The van der Waals surface area contributed by atoms with E-state index < -0.39 is 0 Å². The normalized spacial score (nSPS) is 10.8. The lowest BCUT2D eigenvalue weighted by molar-refractivity contribution is 0.757. The van der Waals surface area contributed by atoms with Crippen molar-refractivity contribution in [3.8, 4) is 0 Å². The zero-order valence-electron chi connectivity index (χ0n) is 7.83. The van der Waals surface area contributed by atoms with Gasteiger partial charge >= 0.3 is 0 Å². The molecule has 12 heavy (non-hydrogen) atoms. The molecule has 0 spiro atoms. The van der Waals surface area contributed by atoms with Crippen molar-refractivity contribution < 1.29 is 0 Å². The largest absolute Gasteiger partial charge is 0.326 e. The van der Waals surface area contributed by atoms with Crippen molar-refractivity contribution in [1.29, 1.82) is 0 Å². The highest BCUT2D eigenvalue weighted by Crippen LogP contribution is 2.10. The Labute approximate surface area is 73.0 Å². The molecule has 0 amide bonds. The van der Waals surface area contributed by atoms with E-state index in [0.29, 0.717) is 12.5 Å². The summed E-state index contributed by atoms with van der Waals surface area (Å²) in [5.74, 6) is 1.28. The van der Waals surface area contributed by atoms with Crippen LogP contribution in [-0.4, -0.2) is 9.97 Å². The Bertz CT molecular complexity index is 268. The molecule has 3 nitrogen and oxygen atoms in total. The number of aryl methyl sites for hydroxylation is 1. The number of hydrogen-bond acceptors (Lipinski definition) is 3. The van der Waals surface area contributed by atoms with Crippen LogP contribution in [0, 0.1) is 6.92 Å². The molecule has 0 bridgehead atoms. The molecule has 1 aromatic heterocycles. The molecular formula is C9H15N3. The van der Waals surface area contributed by atoms with E-state index in [0.717, 1.165) is 17.1 Å². The topological polar surface area (TPSA) is 51.8 Å². The minimum absolute atomic E-state index is 0.385. The Kier molecular flexibility index (Phi) is 2.76. The van der Waals surface area contributed by atoms with Gasteiger partial charge in [0.05, 0.1) is 0 Å². The van der Waals surface area contributed by atoms with Gasteiger partial charge in [0.25, 0.3) is 0 Å². The van der Waals surface area contributed by atoms with E-state index in [-0.39, 0.29) is 0 Å². The Morgan fingerprint density at radius 1 is 1.50 bits per heavy atom. The molecule has 1 aromatic rings. The molecule has 1 rings (SSSR count). The first-order valence-corrected chi connectivity index (χ1v) is 4.17. The van der Waals surface area contributed by atoms with E-state index in [9.17, 15) is 0 Å².